The molecule has 1 heterocycles. The average molecular weight is 467 g/mol. The highest BCUT2D eigenvalue weighted by Gasteiger charge is 2.41. The molecule has 2 amide bonds. The molecule has 0 aliphatic carbocycles. The third-order valence-electron chi connectivity index (χ3n) is 5.39. The molecule has 3 aromatic carbocycles. The first-order valence-corrected chi connectivity index (χ1v) is 10.6. The summed E-state index contributed by atoms with van der Waals surface area (Å²) in [6.07, 6.45) is 0. The summed E-state index contributed by atoms with van der Waals surface area (Å²) >= 11 is 12.6. The van der Waals surface area contributed by atoms with E-state index in [4.69, 9.17) is 27.9 Å². The Hall–Kier alpha value is -3.28. The molecule has 0 spiro atoms. The molecular weight excluding hydrogens is 447 g/mol. The zero-order valence-corrected chi connectivity index (χ0v) is 19.2. The number of benzene rings is 3. The monoisotopic (exact) mass is 466 g/mol. The number of carbonyl (C=O) groups excluding carboxylic acids is 2. The minimum Gasteiger partial charge on any atom is -0.495 e. The summed E-state index contributed by atoms with van der Waals surface area (Å²) in [5, 5.41) is 3.79. The van der Waals surface area contributed by atoms with Crippen LogP contribution in [-0.2, 0) is 9.59 Å². The highest BCUT2D eigenvalue weighted by Crippen LogP contribution is 2.37. The molecule has 0 saturated carbocycles. The van der Waals surface area contributed by atoms with E-state index in [-0.39, 0.29) is 11.3 Å². The van der Waals surface area contributed by atoms with Gasteiger partial charge in [0, 0.05) is 5.69 Å². The Morgan fingerprint density at radius 2 is 1.59 bits per heavy atom. The van der Waals surface area contributed by atoms with Gasteiger partial charge in [-0.15, -0.1) is 0 Å². The predicted octanol–water partition coefficient (Wildman–Crippen LogP) is 6.02. The van der Waals surface area contributed by atoms with Gasteiger partial charge in [-0.05, 0) is 60.9 Å². The fourth-order valence-electron chi connectivity index (χ4n) is 3.55. The van der Waals surface area contributed by atoms with Crippen LogP contribution in [0.25, 0.3) is 5.57 Å². The second-order valence-corrected chi connectivity index (χ2v) is 8.23. The number of anilines is 2. The van der Waals surface area contributed by atoms with Gasteiger partial charge in [0.2, 0.25) is 0 Å². The number of nitrogens with one attached hydrogen (secondary N) is 1. The van der Waals surface area contributed by atoms with Gasteiger partial charge in [0.1, 0.15) is 11.4 Å². The second kappa shape index (κ2) is 8.69. The van der Waals surface area contributed by atoms with Crippen LogP contribution >= 0.6 is 23.2 Å². The minimum atomic E-state index is -0.497. The number of hydrogen-bond donors (Lipinski definition) is 1. The van der Waals surface area contributed by atoms with Gasteiger partial charge in [0.15, 0.2) is 0 Å². The van der Waals surface area contributed by atoms with Gasteiger partial charge in [0.05, 0.1) is 28.4 Å². The lowest BCUT2D eigenvalue weighted by Crippen LogP contribution is -2.32. The van der Waals surface area contributed by atoms with Crippen LogP contribution in [0.1, 0.15) is 16.7 Å². The van der Waals surface area contributed by atoms with Crippen LogP contribution in [0.2, 0.25) is 10.0 Å². The summed E-state index contributed by atoms with van der Waals surface area (Å²) in [4.78, 5) is 28.1. The third kappa shape index (κ3) is 3.85. The minimum absolute atomic E-state index is 0.152. The van der Waals surface area contributed by atoms with E-state index in [2.05, 4.69) is 5.32 Å². The molecule has 0 unspecified atom stereocenters. The van der Waals surface area contributed by atoms with Gasteiger partial charge in [-0.25, -0.2) is 4.90 Å². The zero-order chi connectivity index (χ0) is 23.0. The van der Waals surface area contributed by atoms with Crippen LogP contribution in [-0.4, -0.2) is 18.9 Å². The Morgan fingerprint density at radius 1 is 0.844 bits per heavy atom. The molecule has 0 aromatic heterocycles. The van der Waals surface area contributed by atoms with E-state index < -0.39 is 11.8 Å². The molecule has 0 saturated heterocycles. The predicted molar refractivity (Wildman–Crippen MR) is 128 cm³/mol. The van der Waals surface area contributed by atoms with Crippen LogP contribution in [0.5, 0.6) is 5.75 Å². The number of methoxy groups -OCH3 is 1. The Balaban J connectivity index is 1.85. The number of carbonyl (C=O) groups is 2. The van der Waals surface area contributed by atoms with E-state index in [1.165, 1.54) is 7.11 Å². The van der Waals surface area contributed by atoms with Crippen molar-refractivity contribution in [2.45, 2.75) is 13.8 Å². The molecule has 5 nitrogen and oxygen atoms in total. The first-order chi connectivity index (χ1) is 15.3. The SMILES string of the molecule is COc1ccc(NC2=C(c3ccc(C)c(C)c3)C(=O)N(c3ccccc3Cl)C2=O)cc1Cl. The molecule has 0 radical (unpaired) electrons. The highest BCUT2D eigenvalue weighted by atomic mass is 35.5. The van der Waals surface area contributed by atoms with E-state index >= 15 is 0 Å². The number of hydrogen-bond acceptors (Lipinski definition) is 4. The lowest BCUT2D eigenvalue weighted by atomic mass is 9.99. The molecule has 4 rings (SSSR count). The van der Waals surface area contributed by atoms with Gasteiger partial charge >= 0.3 is 0 Å². The van der Waals surface area contributed by atoms with Crippen molar-refractivity contribution in [2.24, 2.45) is 0 Å². The lowest BCUT2D eigenvalue weighted by Gasteiger charge is -2.17. The largest absolute Gasteiger partial charge is 0.495 e. The number of amides is 2. The fraction of sp³-hybridized carbons (Fsp3) is 0.120. The number of ether oxygens (including phenoxy) is 1. The Morgan fingerprint density at radius 3 is 2.25 bits per heavy atom. The number of rotatable bonds is 5. The Labute approximate surface area is 196 Å². The molecule has 32 heavy (non-hydrogen) atoms. The molecule has 0 bridgehead atoms. The number of aryl methyl sites for hydroxylation is 2. The van der Waals surface area contributed by atoms with Crippen molar-refractivity contribution < 1.29 is 14.3 Å². The molecule has 3 aromatic rings. The standard InChI is InChI=1S/C25H20Cl2N2O3/c1-14-8-9-16(12-15(14)2)22-23(28-17-10-11-21(32-3)19(27)13-17)25(31)29(24(22)30)20-7-5-4-6-18(20)26/h4-13,28H,1-3H3. The third-order valence-corrected chi connectivity index (χ3v) is 6.01. The van der Waals surface area contributed by atoms with Crippen molar-refractivity contribution in [3.05, 3.63) is 93.1 Å². The summed E-state index contributed by atoms with van der Waals surface area (Å²) < 4.78 is 5.20. The number of halogens is 2. The number of nitrogens with zero attached hydrogens (tertiary/aromatic N) is 1. The van der Waals surface area contributed by atoms with E-state index in [1.54, 1.807) is 42.5 Å². The van der Waals surface area contributed by atoms with Crippen molar-refractivity contribution in [3.63, 3.8) is 0 Å². The van der Waals surface area contributed by atoms with Gasteiger partial charge in [0.25, 0.3) is 11.8 Å². The van der Waals surface area contributed by atoms with Crippen LogP contribution in [0, 0.1) is 13.8 Å². The number of imide groups is 1. The van der Waals surface area contributed by atoms with Gasteiger partial charge < -0.3 is 10.1 Å². The smallest absolute Gasteiger partial charge is 0.282 e. The van der Waals surface area contributed by atoms with Crippen LogP contribution in [0.3, 0.4) is 0 Å². The summed E-state index contributed by atoms with van der Waals surface area (Å²) in [7, 11) is 1.52. The van der Waals surface area contributed by atoms with E-state index in [1.807, 2.05) is 32.0 Å². The summed E-state index contributed by atoms with van der Waals surface area (Å²) in [6, 6.07) is 17.5. The van der Waals surface area contributed by atoms with Crippen LogP contribution in [0.15, 0.2) is 66.4 Å². The topological polar surface area (TPSA) is 58.6 Å². The van der Waals surface area contributed by atoms with Crippen molar-refractivity contribution in [1.82, 2.24) is 0 Å². The van der Waals surface area contributed by atoms with Crippen LogP contribution < -0.4 is 15.0 Å². The maximum atomic E-state index is 13.5. The van der Waals surface area contributed by atoms with Crippen molar-refractivity contribution in [1.29, 1.82) is 0 Å². The normalized spacial score (nSPS) is 13.7. The Kier molecular flexibility index (Phi) is 5.96. The molecule has 0 atom stereocenters. The van der Waals surface area contributed by atoms with E-state index in [0.29, 0.717) is 32.7 Å². The Bertz CT molecular complexity index is 1280. The number of para-hydroxylation sites is 1. The fourth-order valence-corrected chi connectivity index (χ4v) is 4.03. The molecule has 0 fully saturated rings. The second-order valence-electron chi connectivity index (χ2n) is 7.42. The van der Waals surface area contributed by atoms with E-state index in [9.17, 15) is 9.59 Å². The molecular formula is C25H20Cl2N2O3. The molecule has 7 heteroatoms. The maximum absolute atomic E-state index is 13.5. The van der Waals surface area contributed by atoms with E-state index in [0.717, 1.165) is 16.0 Å². The van der Waals surface area contributed by atoms with Crippen LogP contribution in [0.4, 0.5) is 11.4 Å². The van der Waals surface area contributed by atoms with Gasteiger partial charge in [-0.1, -0.05) is 53.5 Å². The lowest BCUT2D eigenvalue weighted by molar-refractivity contribution is -0.120. The van der Waals surface area contributed by atoms with Gasteiger partial charge in [-0.2, -0.15) is 0 Å². The molecule has 1 N–H and O–H groups in total. The average Bonchev–Trinajstić information content (AvgIpc) is 3.00. The first kappa shape index (κ1) is 21.9. The van der Waals surface area contributed by atoms with Crippen molar-refractivity contribution in [3.8, 4) is 5.75 Å². The quantitative estimate of drug-likeness (QED) is 0.467. The molecule has 162 valence electrons. The summed E-state index contributed by atoms with van der Waals surface area (Å²) in [6.45, 7) is 3.95. The van der Waals surface area contributed by atoms with Crippen molar-refractivity contribution >= 4 is 52.0 Å². The van der Waals surface area contributed by atoms with Crippen molar-refractivity contribution in [2.75, 3.05) is 17.3 Å². The zero-order valence-electron chi connectivity index (χ0n) is 17.7. The first-order valence-electron chi connectivity index (χ1n) is 9.87. The summed E-state index contributed by atoms with van der Waals surface area (Å²) in [5.41, 5.74) is 4.04. The molecule has 1 aliphatic heterocycles. The maximum Gasteiger partial charge on any atom is 0.282 e. The molecule has 1 aliphatic rings. The highest BCUT2D eigenvalue weighted by molar-refractivity contribution is 6.48. The summed E-state index contributed by atoms with van der Waals surface area (Å²) in [5.74, 6) is -0.441. The van der Waals surface area contributed by atoms with Gasteiger partial charge in [-0.3, -0.25) is 9.59 Å².